The molecule has 2 aromatic rings. The van der Waals surface area contributed by atoms with E-state index in [0.717, 1.165) is 31.5 Å². The number of fused-ring (bicyclic) bond motifs is 3. The van der Waals surface area contributed by atoms with Crippen LogP contribution in [0, 0.1) is 0 Å². The zero-order valence-corrected chi connectivity index (χ0v) is 12.3. The van der Waals surface area contributed by atoms with E-state index >= 15 is 0 Å². The third-order valence-electron chi connectivity index (χ3n) is 5.11. The number of Topliss-reactive ketones (excluding diaryl/α,β-unsaturated/α-hetero) is 1. The average molecular weight is 279 g/mol. The van der Waals surface area contributed by atoms with E-state index in [1.165, 1.54) is 35.6 Å². The minimum atomic E-state index is 0.124. The Hall–Kier alpha value is -1.67. The van der Waals surface area contributed by atoms with Crippen molar-refractivity contribution in [3.63, 3.8) is 0 Å². The Bertz CT molecular complexity index is 685. The molecule has 0 unspecified atom stereocenters. The van der Waals surface area contributed by atoms with Gasteiger partial charge in [-0.2, -0.15) is 0 Å². The summed E-state index contributed by atoms with van der Waals surface area (Å²) in [7, 11) is 0. The minimum absolute atomic E-state index is 0.124. The van der Waals surface area contributed by atoms with Crippen molar-refractivity contribution >= 4 is 16.6 Å². The molecule has 0 aromatic heterocycles. The summed E-state index contributed by atoms with van der Waals surface area (Å²) in [6.45, 7) is 2.19. The second kappa shape index (κ2) is 5.27. The smallest absolute Gasteiger partial charge is 0.180 e. The third-order valence-corrected chi connectivity index (χ3v) is 5.11. The summed E-state index contributed by atoms with van der Waals surface area (Å²) in [4.78, 5) is 15.3. The Morgan fingerprint density at radius 1 is 0.952 bits per heavy atom. The Balaban J connectivity index is 1.72. The van der Waals surface area contributed by atoms with Gasteiger partial charge in [-0.15, -0.1) is 0 Å². The highest BCUT2D eigenvalue weighted by Crippen LogP contribution is 2.31. The standard InChI is InChI=1S/C19H21NO/c21-19-17-9-8-14-6-2-3-7-15(14)16(17)10-11-18(19)20-12-4-1-5-13-20/h2-3,6-9,18H,1,4-5,10-13H2/t18-/m0/s1. The molecule has 0 radical (unpaired) electrons. The maximum absolute atomic E-state index is 12.9. The molecule has 2 nitrogen and oxygen atoms in total. The van der Waals surface area contributed by atoms with Gasteiger partial charge in [-0.3, -0.25) is 9.69 Å². The number of rotatable bonds is 1. The van der Waals surface area contributed by atoms with E-state index in [2.05, 4.69) is 41.3 Å². The maximum atomic E-state index is 12.9. The first-order valence-electron chi connectivity index (χ1n) is 8.13. The van der Waals surface area contributed by atoms with E-state index in [9.17, 15) is 4.79 Å². The predicted molar refractivity (Wildman–Crippen MR) is 85.8 cm³/mol. The lowest BCUT2D eigenvalue weighted by molar-refractivity contribution is 0.0753. The third kappa shape index (κ3) is 2.18. The molecule has 2 aromatic carbocycles. The van der Waals surface area contributed by atoms with Gasteiger partial charge in [0, 0.05) is 5.56 Å². The van der Waals surface area contributed by atoms with Crippen molar-refractivity contribution in [3.05, 3.63) is 47.5 Å². The van der Waals surface area contributed by atoms with E-state index in [0.29, 0.717) is 5.78 Å². The number of ketones is 1. The van der Waals surface area contributed by atoms with Crippen molar-refractivity contribution in [2.75, 3.05) is 13.1 Å². The van der Waals surface area contributed by atoms with E-state index in [4.69, 9.17) is 0 Å². The van der Waals surface area contributed by atoms with Crippen LogP contribution in [0.2, 0.25) is 0 Å². The molecule has 1 fully saturated rings. The van der Waals surface area contributed by atoms with Crippen LogP contribution in [-0.4, -0.2) is 29.8 Å². The van der Waals surface area contributed by atoms with Gasteiger partial charge in [-0.1, -0.05) is 42.8 Å². The monoisotopic (exact) mass is 279 g/mol. The molecule has 0 saturated carbocycles. The molecule has 2 aliphatic rings. The lowest BCUT2D eigenvalue weighted by Gasteiger charge is -2.36. The molecule has 0 spiro atoms. The van der Waals surface area contributed by atoms with Gasteiger partial charge in [0.2, 0.25) is 0 Å². The molecule has 1 atom stereocenters. The number of carbonyl (C=O) groups excluding carboxylic acids is 1. The average Bonchev–Trinajstić information content (AvgIpc) is 2.56. The van der Waals surface area contributed by atoms with Crippen LogP contribution in [0.1, 0.15) is 41.6 Å². The summed E-state index contributed by atoms with van der Waals surface area (Å²) in [5, 5.41) is 2.51. The van der Waals surface area contributed by atoms with Gasteiger partial charge >= 0.3 is 0 Å². The Kier molecular flexibility index (Phi) is 3.27. The number of piperidine rings is 1. The Morgan fingerprint density at radius 3 is 2.62 bits per heavy atom. The fraction of sp³-hybridized carbons (Fsp3) is 0.421. The number of hydrogen-bond donors (Lipinski definition) is 0. The van der Waals surface area contributed by atoms with Crippen LogP contribution >= 0.6 is 0 Å². The van der Waals surface area contributed by atoms with E-state index in [1.807, 2.05) is 0 Å². The number of carbonyl (C=O) groups is 1. The Labute approximate surface area is 125 Å². The highest BCUT2D eigenvalue weighted by atomic mass is 16.1. The molecule has 2 heteroatoms. The molecule has 0 amide bonds. The fourth-order valence-electron chi connectivity index (χ4n) is 4.01. The lowest BCUT2D eigenvalue weighted by atomic mass is 9.83. The van der Waals surface area contributed by atoms with Crippen molar-refractivity contribution in [1.29, 1.82) is 0 Å². The van der Waals surface area contributed by atoms with Crippen LogP contribution in [0.3, 0.4) is 0 Å². The van der Waals surface area contributed by atoms with Crippen molar-refractivity contribution in [2.24, 2.45) is 0 Å². The summed E-state index contributed by atoms with van der Waals surface area (Å²) in [5.74, 6) is 0.351. The molecular weight excluding hydrogens is 258 g/mol. The van der Waals surface area contributed by atoms with Crippen LogP contribution in [0.15, 0.2) is 36.4 Å². The van der Waals surface area contributed by atoms with Gasteiger partial charge in [0.15, 0.2) is 5.78 Å². The molecule has 0 N–H and O–H groups in total. The first-order valence-corrected chi connectivity index (χ1v) is 8.13. The molecule has 1 saturated heterocycles. The minimum Gasteiger partial charge on any atom is -0.293 e. The molecule has 4 rings (SSSR count). The number of likely N-dealkylation sites (tertiary alicyclic amines) is 1. The number of hydrogen-bond acceptors (Lipinski definition) is 2. The van der Waals surface area contributed by atoms with Gasteiger partial charge < -0.3 is 0 Å². The van der Waals surface area contributed by atoms with Crippen LogP contribution in [0.5, 0.6) is 0 Å². The van der Waals surface area contributed by atoms with Crippen LogP contribution in [0.25, 0.3) is 10.8 Å². The summed E-state index contributed by atoms with van der Waals surface area (Å²) >= 11 is 0. The molecule has 1 heterocycles. The molecule has 0 bridgehead atoms. The van der Waals surface area contributed by atoms with Crippen LogP contribution < -0.4 is 0 Å². The summed E-state index contributed by atoms with van der Waals surface area (Å²) in [6.07, 6.45) is 5.82. The van der Waals surface area contributed by atoms with E-state index in [1.54, 1.807) is 0 Å². The fourth-order valence-corrected chi connectivity index (χ4v) is 4.01. The van der Waals surface area contributed by atoms with Crippen molar-refractivity contribution < 1.29 is 4.79 Å². The first kappa shape index (κ1) is 13.0. The van der Waals surface area contributed by atoms with Gasteiger partial charge in [0.1, 0.15) is 0 Å². The second-order valence-electron chi connectivity index (χ2n) is 6.33. The van der Waals surface area contributed by atoms with Gasteiger partial charge in [-0.05, 0) is 55.1 Å². The molecule has 1 aliphatic carbocycles. The predicted octanol–water partition coefficient (Wildman–Crippen LogP) is 3.82. The first-order chi connectivity index (χ1) is 10.3. The highest BCUT2D eigenvalue weighted by Gasteiger charge is 2.33. The van der Waals surface area contributed by atoms with Crippen molar-refractivity contribution in [2.45, 2.75) is 38.1 Å². The molecule has 1 aliphatic heterocycles. The van der Waals surface area contributed by atoms with Gasteiger partial charge in [0.05, 0.1) is 6.04 Å². The Morgan fingerprint density at radius 2 is 1.76 bits per heavy atom. The van der Waals surface area contributed by atoms with E-state index in [-0.39, 0.29) is 6.04 Å². The number of nitrogens with zero attached hydrogens (tertiary/aromatic N) is 1. The summed E-state index contributed by atoms with van der Waals surface area (Å²) in [6, 6.07) is 12.7. The number of benzene rings is 2. The zero-order chi connectivity index (χ0) is 14.2. The molecule has 108 valence electrons. The second-order valence-corrected chi connectivity index (χ2v) is 6.33. The normalized spacial score (nSPS) is 23.2. The van der Waals surface area contributed by atoms with Crippen molar-refractivity contribution in [3.8, 4) is 0 Å². The highest BCUT2D eigenvalue weighted by molar-refractivity contribution is 6.06. The van der Waals surface area contributed by atoms with Gasteiger partial charge in [-0.25, -0.2) is 0 Å². The maximum Gasteiger partial charge on any atom is 0.180 e. The summed E-state index contributed by atoms with van der Waals surface area (Å²) in [5.41, 5.74) is 2.24. The van der Waals surface area contributed by atoms with Crippen LogP contribution in [-0.2, 0) is 6.42 Å². The van der Waals surface area contributed by atoms with E-state index < -0.39 is 0 Å². The lowest BCUT2D eigenvalue weighted by Crippen LogP contribution is -2.46. The molecule has 21 heavy (non-hydrogen) atoms. The SMILES string of the molecule is O=C1c2ccc3ccccc3c2CC[C@@H]1N1CCCCC1. The van der Waals surface area contributed by atoms with Gasteiger partial charge in [0.25, 0.3) is 0 Å². The quantitative estimate of drug-likeness (QED) is 0.791. The largest absolute Gasteiger partial charge is 0.293 e. The van der Waals surface area contributed by atoms with Crippen molar-refractivity contribution in [1.82, 2.24) is 4.90 Å². The topological polar surface area (TPSA) is 20.3 Å². The number of aryl methyl sites for hydroxylation is 1. The van der Waals surface area contributed by atoms with Crippen LogP contribution in [0.4, 0.5) is 0 Å². The summed E-state index contributed by atoms with van der Waals surface area (Å²) < 4.78 is 0. The zero-order valence-electron chi connectivity index (χ0n) is 12.3. The molecular formula is C19H21NO.